The molecule has 1 amide bonds. The summed E-state index contributed by atoms with van der Waals surface area (Å²) in [6.07, 6.45) is -0.628. The minimum Gasteiger partial charge on any atom is -0.485 e. The molecule has 0 unspecified atom stereocenters. The molecule has 7 nitrogen and oxygen atoms in total. The summed E-state index contributed by atoms with van der Waals surface area (Å²) in [7, 11) is 0. The number of carbonyl (C=O) groups is 2. The molecule has 7 heteroatoms. The Morgan fingerprint density at radius 1 is 1.00 bits per heavy atom. The van der Waals surface area contributed by atoms with Crippen LogP contribution in [0.2, 0.25) is 0 Å². The Morgan fingerprint density at radius 3 is 2.52 bits per heavy atom. The molecular weight excluding hydrogens is 394 g/mol. The number of ketones is 1. The van der Waals surface area contributed by atoms with Crippen LogP contribution >= 0.6 is 0 Å². The lowest BCUT2D eigenvalue weighted by Gasteiger charge is -2.36. The lowest BCUT2D eigenvalue weighted by molar-refractivity contribution is -0.142. The second-order valence-electron chi connectivity index (χ2n) is 8.06. The number of ether oxygens (including phenoxy) is 2. The van der Waals surface area contributed by atoms with Gasteiger partial charge in [0.2, 0.25) is 6.10 Å². The van der Waals surface area contributed by atoms with Gasteiger partial charge in [0.15, 0.2) is 17.3 Å². The number of para-hydroxylation sites is 3. The predicted octanol–water partition coefficient (Wildman–Crippen LogP) is 2.64. The fourth-order valence-electron chi connectivity index (χ4n) is 4.39. The molecule has 160 valence electrons. The highest BCUT2D eigenvalue weighted by Gasteiger charge is 2.33. The largest absolute Gasteiger partial charge is 0.485 e. The Hall–Kier alpha value is -3.32. The van der Waals surface area contributed by atoms with E-state index in [1.54, 1.807) is 4.90 Å². The van der Waals surface area contributed by atoms with Gasteiger partial charge in [-0.05, 0) is 25.1 Å². The van der Waals surface area contributed by atoms with Crippen LogP contribution in [0.5, 0.6) is 11.5 Å². The van der Waals surface area contributed by atoms with Crippen molar-refractivity contribution in [3.8, 4) is 11.5 Å². The second-order valence-corrected chi connectivity index (χ2v) is 8.06. The molecule has 1 saturated heterocycles. The van der Waals surface area contributed by atoms with Gasteiger partial charge >= 0.3 is 0 Å². The first-order chi connectivity index (χ1) is 15.1. The third-order valence-electron chi connectivity index (χ3n) is 6.01. The average molecular weight is 419 g/mol. The zero-order chi connectivity index (χ0) is 21.4. The Bertz CT molecular complexity index is 1130. The number of aryl methyl sites for hydroxylation is 1. The van der Waals surface area contributed by atoms with Gasteiger partial charge in [-0.25, -0.2) is 0 Å². The fraction of sp³-hybridized carbons (Fsp3) is 0.333. The van der Waals surface area contributed by atoms with Crippen molar-refractivity contribution in [2.75, 3.05) is 39.3 Å². The topological polar surface area (TPSA) is 74.9 Å². The molecule has 31 heavy (non-hydrogen) atoms. The number of hydrogen-bond acceptors (Lipinski definition) is 5. The minimum absolute atomic E-state index is 0.0621. The van der Waals surface area contributed by atoms with Crippen LogP contribution in [-0.2, 0) is 4.79 Å². The standard InChI is InChI=1S/C24H25N3O4/c1-16-23(17-6-2-3-7-18(17)25-16)19(28)14-26-10-12-27(13-11-26)24(29)22-15-30-20-8-4-5-9-21(20)31-22/h2-9,22,25H,10-15H2,1H3/t22-/m0/s1. The van der Waals surface area contributed by atoms with Crippen molar-refractivity contribution in [1.82, 2.24) is 14.8 Å². The van der Waals surface area contributed by atoms with Crippen LogP contribution in [0.25, 0.3) is 10.9 Å². The van der Waals surface area contributed by atoms with E-state index in [9.17, 15) is 9.59 Å². The molecule has 2 aliphatic rings. The maximum atomic E-state index is 13.0. The number of Topliss-reactive ketones (excluding diaryl/α,β-unsaturated/α-hetero) is 1. The number of rotatable bonds is 4. The molecule has 3 aromatic rings. The number of hydrogen-bond donors (Lipinski definition) is 1. The number of amides is 1. The fourth-order valence-corrected chi connectivity index (χ4v) is 4.39. The summed E-state index contributed by atoms with van der Waals surface area (Å²) in [5.74, 6) is 1.32. The van der Waals surface area contributed by atoms with Crippen LogP contribution in [0.3, 0.4) is 0 Å². The first kappa shape index (κ1) is 19.6. The molecule has 1 atom stereocenters. The molecule has 1 N–H and O–H groups in total. The van der Waals surface area contributed by atoms with E-state index in [2.05, 4.69) is 9.88 Å². The van der Waals surface area contributed by atoms with E-state index in [-0.39, 0.29) is 18.3 Å². The second kappa shape index (κ2) is 8.07. The molecule has 1 aromatic heterocycles. The molecular formula is C24H25N3O4. The summed E-state index contributed by atoms with van der Waals surface area (Å²) in [6.45, 7) is 4.96. The lowest BCUT2D eigenvalue weighted by atomic mass is 10.1. The summed E-state index contributed by atoms with van der Waals surface area (Å²) in [5.41, 5.74) is 2.64. The van der Waals surface area contributed by atoms with E-state index >= 15 is 0 Å². The molecule has 0 aliphatic carbocycles. The maximum absolute atomic E-state index is 13.0. The van der Waals surface area contributed by atoms with E-state index in [0.717, 1.165) is 22.2 Å². The first-order valence-corrected chi connectivity index (χ1v) is 10.6. The summed E-state index contributed by atoms with van der Waals surface area (Å²) >= 11 is 0. The van der Waals surface area contributed by atoms with Crippen LogP contribution in [-0.4, -0.2) is 71.9 Å². The van der Waals surface area contributed by atoms with Gasteiger partial charge in [0, 0.05) is 48.3 Å². The highest BCUT2D eigenvalue weighted by Crippen LogP contribution is 2.31. The third kappa shape index (κ3) is 3.77. The number of carbonyl (C=O) groups excluding carboxylic acids is 2. The molecule has 0 spiro atoms. The Morgan fingerprint density at radius 2 is 1.71 bits per heavy atom. The van der Waals surface area contributed by atoms with Gasteiger partial charge in [0.25, 0.3) is 5.91 Å². The summed E-state index contributed by atoms with van der Waals surface area (Å²) in [5, 5.41) is 0.966. The van der Waals surface area contributed by atoms with E-state index in [4.69, 9.17) is 9.47 Å². The van der Waals surface area contributed by atoms with Crippen LogP contribution in [0.1, 0.15) is 16.1 Å². The van der Waals surface area contributed by atoms with Crippen molar-refractivity contribution < 1.29 is 19.1 Å². The van der Waals surface area contributed by atoms with E-state index in [0.29, 0.717) is 44.2 Å². The molecule has 1 fully saturated rings. The molecule has 0 radical (unpaired) electrons. The Kier molecular flexibility index (Phi) is 5.11. The van der Waals surface area contributed by atoms with Crippen molar-refractivity contribution in [3.05, 3.63) is 59.8 Å². The molecule has 3 heterocycles. The zero-order valence-electron chi connectivity index (χ0n) is 17.5. The van der Waals surface area contributed by atoms with Gasteiger partial charge in [-0.2, -0.15) is 0 Å². The normalized spacial score (nSPS) is 18.9. The zero-order valence-corrected chi connectivity index (χ0v) is 17.5. The van der Waals surface area contributed by atoms with Crippen molar-refractivity contribution in [3.63, 3.8) is 0 Å². The first-order valence-electron chi connectivity index (χ1n) is 10.6. The molecule has 0 saturated carbocycles. The number of fused-ring (bicyclic) bond motifs is 2. The molecule has 2 aromatic carbocycles. The van der Waals surface area contributed by atoms with Gasteiger partial charge in [-0.3, -0.25) is 14.5 Å². The highest BCUT2D eigenvalue weighted by atomic mass is 16.6. The quantitative estimate of drug-likeness (QED) is 0.658. The molecule has 2 aliphatic heterocycles. The predicted molar refractivity (Wildman–Crippen MR) is 117 cm³/mol. The third-order valence-corrected chi connectivity index (χ3v) is 6.01. The number of H-pyrrole nitrogens is 1. The number of aromatic amines is 1. The number of aromatic nitrogens is 1. The van der Waals surface area contributed by atoms with E-state index < -0.39 is 6.10 Å². The van der Waals surface area contributed by atoms with E-state index in [1.807, 2.05) is 55.5 Å². The summed E-state index contributed by atoms with van der Waals surface area (Å²) < 4.78 is 11.5. The van der Waals surface area contributed by atoms with Crippen molar-refractivity contribution in [2.24, 2.45) is 0 Å². The highest BCUT2D eigenvalue weighted by molar-refractivity contribution is 6.10. The average Bonchev–Trinajstić information content (AvgIpc) is 3.14. The monoisotopic (exact) mass is 419 g/mol. The number of benzene rings is 2. The van der Waals surface area contributed by atoms with Crippen molar-refractivity contribution in [2.45, 2.75) is 13.0 Å². The number of nitrogens with one attached hydrogen (secondary N) is 1. The van der Waals surface area contributed by atoms with Crippen molar-refractivity contribution in [1.29, 1.82) is 0 Å². The smallest absolute Gasteiger partial charge is 0.267 e. The van der Waals surface area contributed by atoms with Crippen LogP contribution in [0, 0.1) is 6.92 Å². The summed E-state index contributed by atoms with van der Waals surface area (Å²) in [4.78, 5) is 33.1. The lowest BCUT2D eigenvalue weighted by Crippen LogP contribution is -2.54. The Balaban J connectivity index is 1.18. The molecule has 5 rings (SSSR count). The Labute approximate surface area is 180 Å². The van der Waals surface area contributed by atoms with Crippen LogP contribution < -0.4 is 9.47 Å². The van der Waals surface area contributed by atoms with Gasteiger partial charge in [0.1, 0.15) is 6.61 Å². The van der Waals surface area contributed by atoms with Gasteiger partial charge in [0.05, 0.1) is 6.54 Å². The minimum atomic E-state index is -0.628. The molecule has 0 bridgehead atoms. The van der Waals surface area contributed by atoms with Crippen LogP contribution in [0.4, 0.5) is 0 Å². The van der Waals surface area contributed by atoms with E-state index in [1.165, 1.54) is 0 Å². The van der Waals surface area contributed by atoms with Gasteiger partial charge < -0.3 is 19.4 Å². The summed E-state index contributed by atoms with van der Waals surface area (Å²) in [6, 6.07) is 15.3. The van der Waals surface area contributed by atoms with Crippen LogP contribution in [0.15, 0.2) is 48.5 Å². The van der Waals surface area contributed by atoms with Gasteiger partial charge in [-0.1, -0.05) is 30.3 Å². The van der Waals surface area contributed by atoms with Crippen molar-refractivity contribution >= 4 is 22.6 Å². The number of piperazine rings is 1. The van der Waals surface area contributed by atoms with Gasteiger partial charge in [-0.15, -0.1) is 0 Å². The maximum Gasteiger partial charge on any atom is 0.267 e. The number of nitrogens with zero attached hydrogens (tertiary/aromatic N) is 2. The SMILES string of the molecule is Cc1[nH]c2ccccc2c1C(=O)CN1CCN(C(=O)[C@@H]2COc3ccccc3O2)CC1.